The number of pyridine rings is 1. The lowest BCUT2D eigenvalue weighted by molar-refractivity contribution is -0.139. The van der Waals surface area contributed by atoms with Crippen molar-refractivity contribution >= 4 is 5.97 Å². The summed E-state index contributed by atoms with van der Waals surface area (Å²) in [7, 11) is 0. The van der Waals surface area contributed by atoms with Crippen LogP contribution in [0.2, 0.25) is 0 Å². The van der Waals surface area contributed by atoms with E-state index < -0.39 is 11.9 Å². The summed E-state index contributed by atoms with van der Waals surface area (Å²) in [5.41, 5.74) is 0.809. The van der Waals surface area contributed by atoms with E-state index in [9.17, 15) is 9.90 Å². The molecule has 1 aliphatic rings. The van der Waals surface area contributed by atoms with Crippen LogP contribution in [-0.4, -0.2) is 30.8 Å². The Kier molecular flexibility index (Phi) is 2.55. The lowest BCUT2D eigenvalue weighted by Gasteiger charge is -2.17. The molecule has 2 aromatic rings. The predicted octanol–water partition coefficient (Wildman–Crippen LogP) is 1.30. The molecule has 0 bridgehead atoms. The molecule has 0 spiro atoms. The molecule has 6 heteroatoms. The van der Waals surface area contributed by atoms with Crippen molar-refractivity contribution in [1.82, 2.24) is 19.7 Å². The maximum Gasteiger partial charge on any atom is 0.314 e. The molecule has 0 fully saturated rings. The standard InChI is InChI=1S/C12H12N4O2/c17-12(18)9-4-2-6-16-11(9)14-10(15-16)8-3-1-5-13-7-8/h1,3,5,7,9H,2,4,6H2,(H,17,18). The maximum absolute atomic E-state index is 11.2. The number of carboxylic acid groups (broad SMARTS) is 1. The number of aliphatic carboxylic acids is 1. The van der Waals surface area contributed by atoms with Gasteiger partial charge in [-0.2, -0.15) is 5.10 Å². The SMILES string of the molecule is O=C(O)C1CCCn2nc(-c3cccnc3)nc21. The van der Waals surface area contributed by atoms with Crippen LogP contribution in [0.15, 0.2) is 24.5 Å². The van der Waals surface area contributed by atoms with Gasteiger partial charge in [-0.3, -0.25) is 9.78 Å². The second kappa shape index (κ2) is 4.21. The Hall–Kier alpha value is -2.24. The van der Waals surface area contributed by atoms with Gasteiger partial charge in [-0.15, -0.1) is 0 Å². The van der Waals surface area contributed by atoms with Crippen LogP contribution in [0.25, 0.3) is 11.4 Å². The lowest BCUT2D eigenvalue weighted by atomic mass is 10.00. The molecular weight excluding hydrogens is 232 g/mol. The molecule has 1 aliphatic heterocycles. The Bertz CT molecular complexity index is 579. The van der Waals surface area contributed by atoms with Crippen LogP contribution in [0.5, 0.6) is 0 Å². The molecule has 0 aliphatic carbocycles. The zero-order chi connectivity index (χ0) is 12.5. The van der Waals surface area contributed by atoms with Crippen LogP contribution < -0.4 is 0 Å². The van der Waals surface area contributed by atoms with E-state index in [1.54, 1.807) is 17.1 Å². The Labute approximate surface area is 103 Å². The minimum Gasteiger partial charge on any atom is -0.481 e. The first kappa shape index (κ1) is 10.9. The number of rotatable bonds is 2. The number of hydrogen-bond acceptors (Lipinski definition) is 4. The van der Waals surface area contributed by atoms with E-state index in [1.807, 2.05) is 12.1 Å². The van der Waals surface area contributed by atoms with Crippen molar-refractivity contribution in [3.8, 4) is 11.4 Å². The molecule has 3 heterocycles. The maximum atomic E-state index is 11.2. The first-order valence-electron chi connectivity index (χ1n) is 5.83. The molecule has 0 amide bonds. The summed E-state index contributed by atoms with van der Waals surface area (Å²) in [6.07, 6.45) is 4.80. The summed E-state index contributed by atoms with van der Waals surface area (Å²) in [6.45, 7) is 0.729. The molecule has 18 heavy (non-hydrogen) atoms. The van der Waals surface area contributed by atoms with Gasteiger partial charge in [-0.25, -0.2) is 9.67 Å². The molecular formula is C12H12N4O2. The number of aryl methyl sites for hydroxylation is 1. The largest absolute Gasteiger partial charge is 0.481 e. The van der Waals surface area contributed by atoms with Gasteiger partial charge in [-0.05, 0) is 25.0 Å². The van der Waals surface area contributed by atoms with Crippen LogP contribution in [0, 0.1) is 0 Å². The van der Waals surface area contributed by atoms with Gasteiger partial charge in [0.2, 0.25) is 0 Å². The van der Waals surface area contributed by atoms with Crippen LogP contribution in [0.1, 0.15) is 24.6 Å². The summed E-state index contributed by atoms with van der Waals surface area (Å²) in [5, 5.41) is 13.5. The van der Waals surface area contributed by atoms with Gasteiger partial charge in [0.25, 0.3) is 0 Å². The summed E-state index contributed by atoms with van der Waals surface area (Å²) < 4.78 is 1.70. The number of carboxylic acids is 1. The lowest BCUT2D eigenvalue weighted by Crippen LogP contribution is -2.22. The molecule has 0 saturated heterocycles. The molecule has 92 valence electrons. The van der Waals surface area contributed by atoms with Crippen LogP contribution in [0.4, 0.5) is 0 Å². The molecule has 1 N–H and O–H groups in total. The van der Waals surface area contributed by atoms with Gasteiger partial charge in [0.1, 0.15) is 11.7 Å². The summed E-state index contributed by atoms with van der Waals surface area (Å²) in [4.78, 5) is 19.5. The molecule has 0 aromatic carbocycles. The fraction of sp³-hybridized carbons (Fsp3) is 0.333. The summed E-state index contributed by atoms with van der Waals surface area (Å²) in [6, 6.07) is 3.67. The van der Waals surface area contributed by atoms with E-state index in [2.05, 4.69) is 15.1 Å². The number of fused-ring (bicyclic) bond motifs is 1. The normalized spacial score (nSPS) is 18.3. The number of nitrogens with zero attached hydrogens (tertiary/aromatic N) is 4. The predicted molar refractivity (Wildman–Crippen MR) is 62.9 cm³/mol. The highest BCUT2D eigenvalue weighted by atomic mass is 16.4. The minimum absolute atomic E-state index is 0.545. The molecule has 6 nitrogen and oxygen atoms in total. The van der Waals surface area contributed by atoms with Gasteiger partial charge >= 0.3 is 5.97 Å². The van der Waals surface area contributed by atoms with E-state index in [1.165, 1.54) is 0 Å². The fourth-order valence-electron chi connectivity index (χ4n) is 2.20. The van der Waals surface area contributed by atoms with Crippen molar-refractivity contribution in [2.45, 2.75) is 25.3 Å². The first-order chi connectivity index (χ1) is 8.75. The van der Waals surface area contributed by atoms with Gasteiger partial charge in [0.15, 0.2) is 5.82 Å². The smallest absolute Gasteiger partial charge is 0.314 e. The number of hydrogen-bond donors (Lipinski definition) is 1. The monoisotopic (exact) mass is 244 g/mol. The van der Waals surface area contributed by atoms with E-state index >= 15 is 0 Å². The Morgan fingerprint density at radius 2 is 2.39 bits per heavy atom. The van der Waals surface area contributed by atoms with Crippen molar-refractivity contribution < 1.29 is 9.90 Å². The zero-order valence-corrected chi connectivity index (χ0v) is 9.65. The minimum atomic E-state index is -0.832. The van der Waals surface area contributed by atoms with E-state index in [-0.39, 0.29) is 0 Å². The van der Waals surface area contributed by atoms with Crippen molar-refractivity contribution in [2.75, 3.05) is 0 Å². The zero-order valence-electron chi connectivity index (χ0n) is 9.65. The third-order valence-corrected chi connectivity index (χ3v) is 3.09. The Morgan fingerprint density at radius 3 is 3.11 bits per heavy atom. The average molecular weight is 244 g/mol. The third kappa shape index (κ3) is 1.75. The van der Waals surface area contributed by atoms with E-state index in [0.29, 0.717) is 18.1 Å². The molecule has 0 saturated carbocycles. The number of aromatic nitrogens is 4. The first-order valence-corrected chi connectivity index (χ1v) is 5.83. The Balaban J connectivity index is 2.04. The summed E-state index contributed by atoms with van der Waals surface area (Å²) >= 11 is 0. The van der Waals surface area contributed by atoms with Gasteiger partial charge in [-0.1, -0.05) is 0 Å². The number of carbonyl (C=O) groups is 1. The van der Waals surface area contributed by atoms with Crippen molar-refractivity contribution in [1.29, 1.82) is 0 Å². The molecule has 0 radical (unpaired) electrons. The van der Waals surface area contributed by atoms with Crippen LogP contribution >= 0.6 is 0 Å². The second-order valence-corrected chi connectivity index (χ2v) is 4.29. The van der Waals surface area contributed by atoms with Crippen molar-refractivity contribution in [3.05, 3.63) is 30.4 Å². The molecule has 2 aromatic heterocycles. The highest BCUT2D eigenvalue weighted by Crippen LogP contribution is 2.27. The van der Waals surface area contributed by atoms with E-state index in [4.69, 9.17) is 0 Å². The summed E-state index contributed by atoms with van der Waals surface area (Å²) in [5.74, 6) is -0.281. The highest BCUT2D eigenvalue weighted by Gasteiger charge is 2.29. The quantitative estimate of drug-likeness (QED) is 0.861. The topological polar surface area (TPSA) is 80.9 Å². The highest BCUT2D eigenvalue weighted by molar-refractivity contribution is 5.75. The van der Waals surface area contributed by atoms with Gasteiger partial charge < -0.3 is 5.11 Å². The Morgan fingerprint density at radius 1 is 1.50 bits per heavy atom. The molecule has 3 rings (SSSR count). The second-order valence-electron chi connectivity index (χ2n) is 4.29. The van der Waals surface area contributed by atoms with E-state index in [0.717, 1.165) is 18.5 Å². The van der Waals surface area contributed by atoms with Crippen molar-refractivity contribution in [3.63, 3.8) is 0 Å². The molecule has 1 atom stereocenters. The third-order valence-electron chi connectivity index (χ3n) is 3.09. The fourth-order valence-corrected chi connectivity index (χ4v) is 2.20. The van der Waals surface area contributed by atoms with Crippen LogP contribution in [-0.2, 0) is 11.3 Å². The van der Waals surface area contributed by atoms with Gasteiger partial charge in [0.05, 0.1) is 0 Å². The average Bonchev–Trinajstić information content (AvgIpc) is 2.83. The molecule has 1 unspecified atom stereocenters. The van der Waals surface area contributed by atoms with Crippen molar-refractivity contribution in [2.24, 2.45) is 0 Å². The van der Waals surface area contributed by atoms with Gasteiger partial charge in [0, 0.05) is 24.5 Å². The van der Waals surface area contributed by atoms with Crippen LogP contribution in [0.3, 0.4) is 0 Å².